The van der Waals surface area contributed by atoms with Gasteiger partial charge in [0.05, 0.1) is 5.56 Å². The molecule has 108 valence electrons. The fourth-order valence-corrected chi connectivity index (χ4v) is 3.74. The molecule has 3 rings (SSSR count). The molecule has 2 heterocycles. The number of pyridine rings is 1. The average molecular weight is 278 g/mol. The molecule has 0 atom stereocenters. The van der Waals surface area contributed by atoms with E-state index in [0.29, 0.717) is 0 Å². The second kappa shape index (κ2) is 5.14. The van der Waals surface area contributed by atoms with Crippen molar-refractivity contribution in [3.05, 3.63) is 60.3 Å². The van der Waals surface area contributed by atoms with Gasteiger partial charge >= 0.3 is 0 Å². The molecule has 2 aromatic rings. The molecular weight excluding hydrogens is 254 g/mol. The van der Waals surface area contributed by atoms with Crippen LogP contribution in [0.2, 0.25) is 0 Å². The van der Waals surface area contributed by atoms with Crippen LogP contribution in [0.4, 0.5) is 0 Å². The van der Waals surface area contributed by atoms with Gasteiger partial charge in [0.2, 0.25) is 5.69 Å². The van der Waals surface area contributed by atoms with Gasteiger partial charge in [-0.1, -0.05) is 39.5 Å². The number of aryl methyl sites for hydroxylation is 1. The molecule has 0 N–H and O–H groups in total. The van der Waals surface area contributed by atoms with E-state index in [1.807, 2.05) is 0 Å². The van der Waals surface area contributed by atoms with Gasteiger partial charge in [0.15, 0.2) is 11.7 Å². The lowest BCUT2D eigenvalue weighted by molar-refractivity contribution is -0.741. The molecule has 0 spiro atoms. The van der Waals surface area contributed by atoms with E-state index in [2.05, 4.69) is 74.5 Å². The van der Waals surface area contributed by atoms with Gasteiger partial charge in [0, 0.05) is 30.5 Å². The fourth-order valence-electron chi connectivity index (χ4n) is 3.74. The summed E-state index contributed by atoms with van der Waals surface area (Å²) in [6.07, 6.45) is 5.42. The molecule has 0 saturated heterocycles. The summed E-state index contributed by atoms with van der Waals surface area (Å²) in [5, 5.41) is 0. The average Bonchev–Trinajstić information content (AvgIpc) is 2.56. The predicted molar refractivity (Wildman–Crippen MR) is 89.0 cm³/mol. The number of aromatic nitrogens is 1. The first-order valence-corrected chi connectivity index (χ1v) is 8.02. The van der Waals surface area contributed by atoms with Crippen molar-refractivity contribution < 1.29 is 4.57 Å². The monoisotopic (exact) mass is 278 g/mol. The van der Waals surface area contributed by atoms with Crippen LogP contribution in [0.1, 0.15) is 44.7 Å². The largest absolute Gasteiger partial charge is 0.213 e. The van der Waals surface area contributed by atoms with Gasteiger partial charge in [-0.2, -0.15) is 4.57 Å². The highest BCUT2D eigenvalue weighted by molar-refractivity contribution is 5.83. The van der Waals surface area contributed by atoms with E-state index < -0.39 is 0 Å². The van der Waals surface area contributed by atoms with Gasteiger partial charge in [0.25, 0.3) is 0 Å². The summed E-state index contributed by atoms with van der Waals surface area (Å²) in [6.45, 7) is 11.2. The van der Waals surface area contributed by atoms with Gasteiger partial charge in [-0.3, -0.25) is 0 Å². The number of nitrogens with zero attached hydrogens (tertiary/aromatic N) is 1. The van der Waals surface area contributed by atoms with E-state index in [4.69, 9.17) is 0 Å². The molecule has 0 fully saturated rings. The number of benzene rings is 1. The summed E-state index contributed by atoms with van der Waals surface area (Å²) in [7, 11) is 0. The van der Waals surface area contributed by atoms with Crippen LogP contribution in [0.3, 0.4) is 0 Å². The lowest BCUT2D eigenvalue weighted by Crippen LogP contribution is -2.59. The lowest BCUT2D eigenvalue weighted by atomic mass is 9.75. The number of hydrogen-bond acceptors (Lipinski definition) is 0. The smallest absolute Gasteiger partial charge is 0.189 e. The number of allylic oxidation sites excluding steroid dienone is 1. The molecular formula is C20H24N+. The maximum absolute atomic E-state index is 4.48. The van der Waals surface area contributed by atoms with Crippen molar-refractivity contribution in [1.29, 1.82) is 0 Å². The highest BCUT2D eigenvalue weighted by Gasteiger charge is 2.46. The summed E-state index contributed by atoms with van der Waals surface area (Å²) in [4.78, 5) is 0. The molecule has 0 aliphatic carbocycles. The summed E-state index contributed by atoms with van der Waals surface area (Å²) >= 11 is 0. The molecule has 0 bridgehead atoms. The normalized spacial score (nSPS) is 15.5. The van der Waals surface area contributed by atoms with E-state index in [0.717, 1.165) is 19.3 Å². The Morgan fingerprint density at radius 3 is 2.43 bits per heavy atom. The topological polar surface area (TPSA) is 3.88 Å². The Hall–Kier alpha value is -1.89. The zero-order valence-electron chi connectivity index (χ0n) is 13.3. The maximum atomic E-state index is 4.48. The van der Waals surface area contributed by atoms with Crippen molar-refractivity contribution in [2.75, 3.05) is 0 Å². The Morgan fingerprint density at radius 2 is 1.76 bits per heavy atom. The van der Waals surface area contributed by atoms with Crippen molar-refractivity contribution >= 4 is 5.57 Å². The van der Waals surface area contributed by atoms with Crippen molar-refractivity contribution in [3.63, 3.8) is 0 Å². The number of fused-ring (bicyclic) bond motifs is 3. The first-order valence-electron chi connectivity index (χ1n) is 8.02. The Balaban J connectivity index is 2.35. The van der Waals surface area contributed by atoms with Crippen molar-refractivity contribution in [3.8, 4) is 11.3 Å². The second-order valence-electron chi connectivity index (χ2n) is 5.91. The van der Waals surface area contributed by atoms with Gasteiger partial charge < -0.3 is 0 Å². The number of hydrogen-bond donors (Lipinski definition) is 0. The molecule has 1 heteroatoms. The van der Waals surface area contributed by atoms with Crippen molar-refractivity contribution in [2.45, 2.75) is 45.6 Å². The summed E-state index contributed by atoms with van der Waals surface area (Å²) in [5.74, 6) is 0. The molecule has 1 aliphatic rings. The highest BCUT2D eigenvalue weighted by atomic mass is 15.1. The Bertz CT molecular complexity index is 693. The fraction of sp³-hybridized carbons (Fsp3) is 0.350. The van der Waals surface area contributed by atoms with Gasteiger partial charge in [-0.05, 0) is 29.7 Å². The van der Waals surface area contributed by atoms with E-state index in [1.54, 1.807) is 0 Å². The van der Waals surface area contributed by atoms with Crippen LogP contribution in [0.15, 0.2) is 49.2 Å². The maximum Gasteiger partial charge on any atom is 0.213 e. The third-order valence-corrected chi connectivity index (χ3v) is 5.15. The van der Waals surface area contributed by atoms with Crippen molar-refractivity contribution in [2.24, 2.45) is 0 Å². The standard InChI is InChI=1S/C20H24N/c1-5-16-11-12-17-15(4)20(6-2,7-3)21-13-9-8-10-19(21)18(17)14-16/h8-14H,4-7H2,1-3H3/q+1. The molecule has 0 radical (unpaired) electrons. The molecule has 1 aromatic carbocycles. The third-order valence-electron chi connectivity index (χ3n) is 5.15. The second-order valence-corrected chi connectivity index (χ2v) is 5.91. The van der Waals surface area contributed by atoms with E-state index in [1.165, 1.54) is 28.0 Å². The molecule has 1 nitrogen and oxygen atoms in total. The van der Waals surface area contributed by atoms with Crippen LogP contribution in [-0.2, 0) is 12.0 Å². The van der Waals surface area contributed by atoms with Gasteiger partial charge in [0.1, 0.15) is 0 Å². The van der Waals surface area contributed by atoms with Crippen LogP contribution < -0.4 is 4.57 Å². The van der Waals surface area contributed by atoms with Crippen molar-refractivity contribution in [1.82, 2.24) is 0 Å². The van der Waals surface area contributed by atoms with Crippen LogP contribution in [0.25, 0.3) is 16.8 Å². The Morgan fingerprint density at radius 1 is 1.00 bits per heavy atom. The Labute approximate surface area is 128 Å². The SMILES string of the molecule is C=C1c2ccc(CC)cc2-c2cccc[n+]2C1(CC)CC. The molecule has 0 unspecified atom stereocenters. The van der Waals surface area contributed by atoms with Gasteiger partial charge in [-0.25, -0.2) is 0 Å². The zero-order chi connectivity index (χ0) is 15.0. The van der Waals surface area contributed by atoms with E-state index in [9.17, 15) is 0 Å². The minimum atomic E-state index is 0.0112. The van der Waals surface area contributed by atoms with Crippen LogP contribution in [-0.4, -0.2) is 0 Å². The third kappa shape index (κ3) is 1.87. The first-order chi connectivity index (χ1) is 10.2. The molecule has 1 aromatic heterocycles. The quantitative estimate of drug-likeness (QED) is 0.714. The summed E-state index contributed by atoms with van der Waals surface area (Å²) in [5.41, 5.74) is 6.63. The van der Waals surface area contributed by atoms with Crippen LogP contribution >= 0.6 is 0 Å². The molecule has 0 saturated carbocycles. The minimum Gasteiger partial charge on any atom is -0.189 e. The van der Waals surface area contributed by atoms with E-state index >= 15 is 0 Å². The minimum absolute atomic E-state index is 0.0112. The zero-order valence-corrected chi connectivity index (χ0v) is 13.3. The van der Waals surface area contributed by atoms with E-state index in [-0.39, 0.29) is 5.54 Å². The first kappa shape index (κ1) is 14.1. The Kier molecular flexibility index (Phi) is 3.44. The highest BCUT2D eigenvalue weighted by Crippen LogP contribution is 2.43. The molecule has 21 heavy (non-hydrogen) atoms. The lowest BCUT2D eigenvalue weighted by Gasteiger charge is -2.34. The van der Waals surface area contributed by atoms with Gasteiger partial charge in [-0.15, -0.1) is 0 Å². The number of rotatable bonds is 3. The molecule has 0 amide bonds. The van der Waals surface area contributed by atoms with Crippen LogP contribution in [0.5, 0.6) is 0 Å². The predicted octanol–water partition coefficient (Wildman–Crippen LogP) is 4.75. The summed E-state index contributed by atoms with van der Waals surface area (Å²) < 4.78 is 2.44. The van der Waals surface area contributed by atoms with Crippen LogP contribution in [0, 0.1) is 0 Å². The molecule has 1 aliphatic heterocycles. The summed E-state index contributed by atoms with van der Waals surface area (Å²) in [6, 6.07) is 13.4.